The van der Waals surface area contributed by atoms with E-state index in [0.29, 0.717) is 0 Å². The summed E-state index contributed by atoms with van der Waals surface area (Å²) in [5.74, 6) is 0. The van der Waals surface area contributed by atoms with E-state index in [9.17, 15) is 0 Å². The first kappa shape index (κ1) is 9.40. The quantitative estimate of drug-likeness (QED) is 0.719. The standard InChI is InChI=1S/C10H13N3S/c1-6-5-8(13(3)4)7(2)10-9(6)11-14-12-10/h5H,1-4H3. The largest absolute Gasteiger partial charge is 0.377 e. The van der Waals surface area contributed by atoms with E-state index in [2.05, 4.69) is 33.6 Å². The van der Waals surface area contributed by atoms with Crippen LogP contribution in [0.15, 0.2) is 6.07 Å². The van der Waals surface area contributed by atoms with Gasteiger partial charge in [0.15, 0.2) is 0 Å². The molecule has 14 heavy (non-hydrogen) atoms. The second kappa shape index (κ2) is 3.20. The van der Waals surface area contributed by atoms with E-state index in [1.165, 1.54) is 28.5 Å². The van der Waals surface area contributed by atoms with E-state index in [-0.39, 0.29) is 0 Å². The highest BCUT2D eigenvalue weighted by molar-refractivity contribution is 7.00. The summed E-state index contributed by atoms with van der Waals surface area (Å²) in [7, 11) is 4.10. The first-order chi connectivity index (χ1) is 6.61. The third kappa shape index (κ3) is 1.26. The van der Waals surface area contributed by atoms with Gasteiger partial charge in [-0.05, 0) is 25.5 Å². The van der Waals surface area contributed by atoms with E-state index in [4.69, 9.17) is 0 Å². The Morgan fingerprint density at radius 1 is 1.14 bits per heavy atom. The first-order valence-corrected chi connectivity index (χ1v) is 5.24. The van der Waals surface area contributed by atoms with Crippen LogP contribution in [0.2, 0.25) is 0 Å². The molecule has 1 aromatic heterocycles. The van der Waals surface area contributed by atoms with Crippen molar-refractivity contribution in [3.05, 3.63) is 17.2 Å². The number of benzene rings is 1. The molecule has 0 aliphatic heterocycles. The predicted octanol–water partition coefficient (Wildman–Crippen LogP) is 2.37. The SMILES string of the molecule is Cc1cc(N(C)C)c(C)c2nsnc12. The molecule has 1 heterocycles. The van der Waals surface area contributed by atoms with Gasteiger partial charge in [0.1, 0.15) is 11.0 Å². The second-order valence-electron chi connectivity index (χ2n) is 3.69. The Labute approximate surface area is 87.7 Å². The Bertz CT molecular complexity index is 473. The molecule has 2 aromatic rings. The molecule has 3 nitrogen and oxygen atoms in total. The third-order valence-electron chi connectivity index (χ3n) is 2.44. The minimum absolute atomic E-state index is 1.04. The van der Waals surface area contributed by atoms with Crippen molar-refractivity contribution in [3.63, 3.8) is 0 Å². The Kier molecular flexibility index (Phi) is 2.15. The zero-order valence-corrected chi connectivity index (χ0v) is 9.64. The molecule has 0 aliphatic rings. The van der Waals surface area contributed by atoms with E-state index in [0.717, 1.165) is 11.0 Å². The summed E-state index contributed by atoms with van der Waals surface area (Å²) in [4.78, 5) is 2.11. The Hall–Kier alpha value is -1.16. The van der Waals surface area contributed by atoms with Gasteiger partial charge in [-0.25, -0.2) is 0 Å². The van der Waals surface area contributed by atoms with Gasteiger partial charge >= 0.3 is 0 Å². The highest BCUT2D eigenvalue weighted by Gasteiger charge is 2.11. The number of fused-ring (bicyclic) bond motifs is 1. The van der Waals surface area contributed by atoms with Gasteiger partial charge in [-0.15, -0.1) is 0 Å². The highest BCUT2D eigenvalue weighted by Crippen LogP contribution is 2.28. The van der Waals surface area contributed by atoms with Crippen molar-refractivity contribution in [1.82, 2.24) is 8.75 Å². The van der Waals surface area contributed by atoms with Crippen LogP contribution in [0.3, 0.4) is 0 Å². The van der Waals surface area contributed by atoms with Gasteiger partial charge in [-0.3, -0.25) is 0 Å². The van der Waals surface area contributed by atoms with Gasteiger partial charge in [0.25, 0.3) is 0 Å². The molecule has 2 rings (SSSR count). The molecule has 0 saturated carbocycles. The van der Waals surface area contributed by atoms with Crippen LogP contribution in [-0.4, -0.2) is 22.8 Å². The van der Waals surface area contributed by atoms with Crippen LogP contribution in [0.5, 0.6) is 0 Å². The molecule has 0 fully saturated rings. The fourth-order valence-corrected chi connectivity index (χ4v) is 2.32. The van der Waals surface area contributed by atoms with Gasteiger partial charge in [-0.1, -0.05) is 0 Å². The lowest BCUT2D eigenvalue weighted by Crippen LogP contribution is -2.10. The molecule has 0 atom stereocenters. The molecule has 0 radical (unpaired) electrons. The van der Waals surface area contributed by atoms with Gasteiger partial charge in [-0.2, -0.15) is 8.75 Å². The summed E-state index contributed by atoms with van der Waals surface area (Å²) in [5.41, 5.74) is 5.71. The van der Waals surface area contributed by atoms with Crippen molar-refractivity contribution in [2.24, 2.45) is 0 Å². The zero-order valence-electron chi connectivity index (χ0n) is 8.83. The zero-order chi connectivity index (χ0) is 10.3. The van der Waals surface area contributed by atoms with Crippen molar-refractivity contribution in [2.75, 3.05) is 19.0 Å². The molecule has 74 valence electrons. The lowest BCUT2D eigenvalue weighted by atomic mass is 10.1. The second-order valence-corrected chi connectivity index (χ2v) is 4.22. The molecule has 0 bridgehead atoms. The van der Waals surface area contributed by atoms with Gasteiger partial charge in [0, 0.05) is 25.3 Å². The number of aromatic nitrogens is 2. The topological polar surface area (TPSA) is 29.0 Å². The number of hydrogen-bond donors (Lipinski definition) is 0. The summed E-state index contributed by atoms with van der Waals surface area (Å²) in [5, 5.41) is 0. The number of anilines is 1. The van der Waals surface area contributed by atoms with Crippen molar-refractivity contribution < 1.29 is 0 Å². The van der Waals surface area contributed by atoms with Crippen LogP contribution < -0.4 is 4.90 Å². The molecule has 0 unspecified atom stereocenters. The van der Waals surface area contributed by atoms with Crippen LogP contribution >= 0.6 is 11.7 Å². The Balaban J connectivity index is 2.82. The van der Waals surface area contributed by atoms with Crippen molar-refractivity contribution in [3.8, 4) is 0 Å². The molecule has 0 N–H and O–H groups in total. The van der Waals surface area contributed by atoms with Crippen LogP contribution in [0.1, 0.15) is 11.1 Å². The first-order valence-electron chi connectivity index (χ1n) is 4.51. The molecule has 0 amide bonds. The number of aryl methyl sites for hydroxylation is 2. The third-order valence-corrected chi connectivity index (χ3v) is 2.96. The molecule has 0 spiro atoms. The van der Waals surface area contributed by atoms with E-state index in [1.54, 1.807) is 0 Å². The van der Waals surface area contributed by atoms with Gasteiger partial charge < -0.3 is 4.90 Å². The summed E-state index contributed by atoms with van der Waals surface area (Å²) < 4.78 is 8.62. The summed E-state index contributed by atoms with van der Waals surface area (Å²) in [6.45, 7) is 4.18. The predicted molar refractivity (Wildman–Crippen MR) is 61.2 cm³/mol. The average Bonchev–Trinajstić information content (AvgIpc) is 2.59. The minimum Gasteiger partial charge on any atom is -0.377 e. The van der Waals surface area contributed by atoms with Crippen molar-refractivity contribution in [1.29, 1.82) is 0 Å². The maximum atomic E-state index is 4.33. The molecular formula is C10H13N3S. The van der Waals surface area contributed by atoms with Crippen molar-refractivity contribution in [2.45, 2.75) is 13.8 Å². The maximum absolute atomic E-state index is 4.33. The minimum atomic E-state index is 1.04. The summed E-state index contributed by atoms with van der Waals surface area (Å²) in [6, 6.07) is 2.17. The summed E-state index contributed by atoms with van der Waals surface area (Å²) in [6.07, 6.45) is 0. The lowest BCUT2D eigenvalue weighted by molar-refractivity contribution is 1.11. The van der Waals surface area contributed by atoms with Gasteiger partial charge in [0.05, 0.1) is 11.7 Å². The summed E-state index contributed by atoms with van der Waals surface area (Å²) >= 11 is 1.28. The molecular weight excluding hydrogens is 194 g/mol. The number of nitrogens with zero attached hydrogens (tertiary/aromatic N) is 3. The normalized spacial score (nSPS) is 10.9. The van der Waals surface area contributed by atoms with Crippen molar-refractivity contribution >= 4 is 28.4 Å². The smallest absolute Gasteiger partial charge is 0.110 e. The fraction of sp³-hybridized carbons (Fsp3) is 0.400. The Morgan fingerprint density at radius 2 is 1.79 bits per heavy atom. The molecule has 0 aliphatic carbocycles. The monoisotopic (exact) mass is 207 g/mol. The average molecular weight is 207 g/mol. The number of rotatable bonds is 1. The van der Waals surface area contributed by atoms with E-state index >= 15 is 0 Å². The number of hydrogen-bond acceptors (Lipinski definition) is 4. The van der Waals surface area contributed by atoms with Crippen LogP contribution in [0.25, 0.3) is 11.0 Å². The van der Waals surface area contributed by atoms with Gasteiger partial charge in [0.2, 0.25) is 0 Å². The molecule has 1 aromatic carbocycles. The molecule has 4 heteroatoms. The van der Waals surface area contributed by atoms with Crippen LogP contribution in [0, 0.1) is 13.8 Å². The highest BCUT2D eigenvalue weighted by atomic mass is 32.1. The fourth-order valence-electron chi connectivity index (χ4n) is 1.66. The van der Waals surface area contributed by atoms with E-state index < -0.39 is 0 Å². The van der Waals surface area contributed by atoms with E-state index in [1.807, 2.05) is 14.1 Å². The Morgan fingerprint density at radius 3 is 2.43 bits per heavy atom. The maximum Gasteiger partial charge on any atom is 0.110 e. The van der Waals surface area contributed by atoms with Crippen LogP contribution in [-0.2, 0) is 0 Å². The van der Waals surface area contributed by atoms with Crippen LogP contribution in [0.4, 0.5) is 5.69 Å². The molecule has 0 saturated heterocycles. The lowest BCUT2D eigenvalue weighted by Gasteiger charge is -2.16.